The van der Waals surface area contributed by atoms with Crippen LogP contribution in [0.25, 0.3) is 0 Å². The first kappa shape index (κ1) is 10.5. The van der Waals surface area contributed by atoms with Crippen molar-refractivity contribution in [1.29, 1.82) is 0 Å². The van der Waals surface area contributed by atoms with Crippen LogP contribution in [0.4, 0.5) is 0 Å². The van der Waals surface area contributed by atoms with Crippen LogP contribution >= 0.6 is 0 Å². The molecule has 0 aliphatic carbocycles. The van der Waals surface area contributed by atoms with Gasteiger partial charge in [-0.2, -0.15) is 0 Å². The second-order valence-corrected chi connectivity index (χ2v) is 4.73. The first-order valence-corrected chi connectivity index (χ1v) is 5.64. The molecule has 1 aliphatic rings. The topological polar surface area (TPSA) is 23.5 Å². The number of phenols is 1. The molecule has 0 radical (unpaired) electrons. The maximum atomic E-state index is 9.47. The molecule has 1 N–H and O–H groups in total. The van der Waals surface area contributed by atoms with E-state index in [4.69, 9.17) is 0 Å². The van der Waals surface area contributed by atoms with Crippen LogP contribution in [0.3, 0.4) is 0 Å². The summed E-state index contributed by atoms with van der Waals surface area (Å²) in [5, 5.41) is 9.47. The van der Waals surface area contributed by atoms with Crippen molar-refractivity contribution < 1.29 is 5.11 Å². The zero-order chi connectivity index (χ0) is 10.8. The van der Waals surface area contributed by atoms with E-state index in [0.29, 0.717) is 17.6 Å². The Labute approximate surface area is 91.5 Å². The van der Waals surface area contributed by atoms with Gasteiger partial charge in [-0.15, -0.1) is 0 Å². The van der Waals surface area contributed by atoms with E-state index in [2.05, 4.69) is 24.9 Å². The molecule has 0 bridgehead atoms. The zero-order valence-corrected chi connectivity index (χ0v) is 9.48. The average Bonchev–Trinajstić information content (AvgIpc) is 2.17. The van der Waals surface area contributed by atoms with Crippen LogP contribution in [0, 0.1) is 5.92 Å². The molecule has 1 aromatic carbocycles. The molecule has 0 saturated carbocycles. The summed E-state index contributed by atoms with van der Waals surface area (Å²) < 4.78 is 0. The molecule has 2 nitrogen and oxygen atoms in total. The standard InChI is InChI=1S/C13H19NO/c1-10-9-14(2)7-6-13(10)11-4-3-5-12(15)8-11/h3-5,8,10,13,15H,6-7,9H2,1-2H3/t10-,13+/m1/s1. The van der Waals surface area contributed by atoms with Gasteiger partial charge < -0.3 is 10.0 Å². The minimum Gasteiger partial charge on any atom is -0.508 e. The number of rotatable bonds is 1. The summed E-state index contributed by atoms with van der Waals surface area (Å²) >= 11 is 0. The summed E-state index contributed by atoms with van der Waals surface area (Å²) in [5.74, 6) is 1.66. The largest absolute Gasteiger partial charge is 0.508 e. The molecule has 1 aliphatic heterocycles. The second-order valence-electron chi connectivity index (χ2n) is 4.73. The molecule has 1 saturated heterocycles. The third kappa shape index (κ3) is 2.32. The number of nitrogens with zero attached hydrogens (tertiary/aromatic N) is 1. The van der Waals surface area contributed by atoms with Gasteiger partial charge in [-0.1, -0.05) is 19.1 Å². The van der Waals surface area contributed by atoms with E-state index in [-0.39, 0.29) is 0 Å². The van der Waals surface area contributed by atoms with Crippen molar-refractivity contribution in [3.63, 3.8) is 0 Å². The fourth-order valence-corrected chi connectivity index (χ4v) is 2.60. The van der Waals surface area contributed by atoms with Gasteiger partial charge in [0.25, 0.3) is 0 Å². The Kier molecular flexibility index (Phi) is 2.96. The lowest BCUT2D eigenvalue weighted by Gasteiger charge is -2.35. The summed E-state index contributed by atoms with van der Waals surface area (Å²) in [6, 6.07) is 7.72. The molecule has 82 valence electrons. The van der Waals surface area contributed by atoms with Crippen molar-refractivity contribution in [1.82, 2.24) is 4.90 Å². The maximum absolute atomic E-state index is 9.47. The van der Waals surface area contributed by atoms with Gasteiger partial charge in [-0.25, -0.2) is 0 Å². The molecule has 0 unspecified atom stereocenters. The van der Waals surface area contributed by atoms with Crippen molar-refractivity contribution in [2.75, 3.05) is 20.1 Å². The van der Waals surface area contributed by atoms with Gasteiger partial charge in [0.1, 0.15) is 5.75 Å². The van der Waals surface area contributed by atoms with E-state index < -0.39 is 0 Å². The van der Waals surface area contributed by atoms with Crippen molar-refractivity contribution >= 4 is 0 Å². The van der Waals surface area contributed by atoms with Gasteiger partial charge in [-0.05, 0) is 49.5 Å². The van der Waals surface area contributed by atoms with Crippen LogP contribution in [0.15, 0.2) is 24.3 Å². The van der Waals surface area contributed by atoms with Crippen LogP contribution in [0.2, 0.25) is 0 Å². The Balaban J connectivity index is 2.17. The molecular weight excluding hydrogens is 186 g/mol. The molecule has 1 heterocycles. The quantitative estimate of drug-likeness (QED) is 0.761. The molecule has 15 heavy (non-hydrogen) atoms. The minimum atomic E-state index is 0.388. The highest BCUT2D eigenvalue weighted by Crippen LogP contribution is 2.33. The van der Waals surface area contributed by atoms with Crippen LogP contribution in [0.5, 0.6) is 5.75 Å². The first-order valence-electron chi connectivity index (χ1n) is 5.64. The molecule has 1 aromatic rings. The second kappa shape index (κ2) is 4.23. The van der Waals surface area contributed by atoms with Gasteiger partial charge in [0.05, 0.1) is 0 Å². The molecular formula is C13H19NO. The Bertz CT molecular complexity index is 337. The number of aromatic hydroxyl groups is 1. The maximum Gasteiger partial charge on any atom is 0.115 e. The van der Waals surface area contributed by atoms with Gasteiger partial charge >= 0.3 is 0 Å². The highest BCUT2D eigenvalue weighted by atomic mass is 16.3. The van der Waals surface area contributed by atoms with Crippen molar-refractivity contribution in [3.05, 3.63) is 29.8 Å². The van der Waals surface area contributed by atoms with Crippen LogP contribution in [-0.2, 0) is 0 Å². The van der Waals surface area contributed by atoms with Crippen molar-refractivity contribution in [3.8, 4) is 5.75 Å². The van der Waals surface area contributed by atoms with Gasteiger partial charge in [-0.3, -0.25) is 0 Å². The van der Waals surface area contributed by atoms with E-state index >= 15 is 0 Å². The Morgan fingerprint density at radius 3 is 2.87 bits per heavy atom. The smallest absolute Gasteiger partial charge is 0.115 e. The number of piperidine rings is 1. The highest BCUT2D eigenvalue weighted by molar-refractivity contribution is 5.30. The minimum absolute atomic E-state index is 0.388. The predicted molar refractivity (Wildman–Crippen MR) is 62.1 cm³/mol. The fourth-order valence-electron chi connectivity index (χ4n) is 2.60. The van der Waals surface area contributed by atoms with Crippen molar-refractivity contribution in [2.45, 2.75) is 19.3 Å². The van der Waals surface area contributed by atoms with Gasteiger partial charge in [0.15, 0.2) is 0 Å². The van der Waals surface area contributed by atoms with Gasteiger partial charge in [0.2, 0.25) is 0 Å². The summed E-state index contributed by atoms with van der Waals surface area (Å²) in [6.45, 7) is 4.61. The first-order chi connectivity index (χ1) is 7.16. The lowest BCUT2D eigenvalue weighted by Crippen LogP contribution is -2.35. The zero-order valence-electron chi connectivity index (χ0n) is 9.48. The Morgan fingerprint density at radius 1 is 1.40 bits per heavy atom. The summed E-state index contributed by atoms with van der Waals surface area (Å²) in [5.41, 5.74) is 1.29. The summed E-state index contributed by atoms with van der Waals surface area (Å²) in [7, 11) is 2.18. The third-order valence-corrected chi connectivity index (χ3v) is 3.41. The molecule has 0 aromatic heterocycles. The van der Waals surface area contributed by atoms with E-state index in [1.54, 1.807) is 6.07 Å². The monoisotopic (exact) mass is 205 g/mol. The summed E-state index contributed by atoms with van der Waals surface area (Å²) in [6.07, 6.45) is 1.20. The fraction of sp³-hybridized carbons (Fsp3) is 0.538. The molecule has 0 spiro atoms. The van der Waals surface area contributed by atoms with E-state index in [1.165, 1.54) is 12.0 Å². The number of hydrogen-bond donors (Lipinski definition) is 1. The predicted octanol–water partition coefficient (Wildman–Crippen LogP) is 2.45. The lowest BCUT2D eigenvalue weighted by atomic mass is 9.82. The van der Waals surface area contributed by atoms with E-state index in [9.17, 15) is 5.11 Å². The number of hydrogen-bond acceptors (Lipinski definition) is 2. The molecule has 2 heteroatoms. The van der Waals surface area contributed by atoms with E-state index in [1.807, 2.05) is 12.1 Å². The van der Waals surface area contributed by atoms with Crippen molar-refractivity contribution in [2.24, 2.45) is 5.92 Å². The summed E-state index contributed by atoms with van der Waals surface area (Å²) in [4.78, 5) is 2.38. The normalized spacial score (nSPS) is 27.9. The van der Waals surface area contributed by atoms with Gasteiger partial charge in [0, 0.05) is 6.54 Å². The van der Waals surface area contributed by atoms with Crippen LogP contribution < -0.4 is 0 Å². The molecule has 2 rings (SSSR count). The number of benzene rings is 1. The Morgan fingerprint density at radius 2 is 2.20 bits per heavy atom. The van der Waals surface area contributed by atoms with Crippen LogP contribution in [0.1, 0.15) is 24.8 Å². The number of phenolic OH excluding ortho intramolecular Hbond substituents is 1. The lowest BCUT2D eigenvalue weighted by molar-refractivity contribution is 0.195. The number of likely N-dealkylation sites (tertiary alicyclic amines) is 1. The Hall–Kier alpha value is -1.02. The van der Waals surface area contributed by atoms with E-state index in [0.717, 1.165) is 13.1 Å². The van der Waals surface area contributed by atoms with Crippen LogP contribution in [-0.4, -0.2) is 30.1 Å². The highest BCUT2D eigenvalue weighted by Gasteiger charge is 2.25. The third-order valence-electron chi connectivity index (χ3n) is 3.41. The SMILES string of the molecule is C[C@@H]1CN(C)CC[C@@H]1c1cccc(O)c1. The molecule has 1 fully saturated rings. The average molecular weight is 205 g/mol. The molecule has 2 atom stereocenters. The molecule has 0 amide bonds.